The number of para-hydroxylation sites is 1. The summed E-state index contributed by atoms with van der Waals surface area (Å²) in [5, 5.41) is 2.98. The van der Waals surface area contributed by atoms with Gasteiger partial charge in [0.2, 0.25) is 0 Å². The zero-order valence-electron chi connectivity index (χ0n) is 16.2. The molecule has 0 atom stereocenters. The topological polar surface area (TPSA) is 50.8 Å². The molecule has 1 aliphatic heterocycles. The van der Waals surface area contributed by atoms with Crippen LogP contribution < -0.4 is 10.1 Å². The molecule has 144 valence electrons. The van der Waals surface area contributed by atoms with Crippen LogP contribution in [0.2, 0.25) is 0 Å². The Morgan fingerprint density at radius 2 is 1.70 bits per heavy atom. The van der Waals surface area contributed by atoms with Crippen molar-refractivity contribution < 1.29 is 14.3 Å². The van der Waals surface area contributed by atoms with Crippen molar-refractivity contribution in [1.82, 2.24) is 10.2 Å². The number of aryl methyl sites for hydroxylation is 2. The minimum absolute atomic E-state index is 0.0251. The molecule has 1 aliphatic rings. The minimum atomic E-state index is -0.112. The van der Waals surface area contributed by atoms with E-state index in [1.54, 1.807) is 0 Å². The maximum atomic E-state index is 12.3. The fourth-order valence-corrected chi connectivity index (χ4v) is 3.29. The molecule has 0 aliphatic carbocycles. The highest BCUT2D eigenvalue weighted by Crippen LogP contribution is 2.22. The first-order chi connectivity index (χ1) is 13.1. The predicted molar refractivity (Wildman–Crippen MR) is 106 cm³/mol. The summed E-state index contributed by atoms with van der Waals surface area (Å²) in [5.74, 6) is 0.680. The van der Waals surface area contributed by atoms with Gasteiger partial charge in [0.1, 0.15) is 5.75 Å². The number of amides is 1. The highest BCUT2D eigenvalue weighted by atomic mass is 16.5. The summed E-state index contributed by atoms with van der Waals surface area (Å²) in [5.41, 5.74) is 4.47. The molecule has 0 spiro atoms. The molecule has 2 aromatic carbocycles. The molecule has 5 nitrogen and oxygen atoms in total. The van der Waals surface area contributed by atoms with Crippen LogP contribution in [0.3, 0.4) is 0 Å². The maximum Gasteiger partial charge on any atom is 0.258 e. The molecular formula is C22H28N2O3. The van der Waals surface area contributed by atoms with Crippen LogP contribution in [-0.4, -0.2) is 43.7 Å². The Morgan fingerprint density at radius 1 is 1.04 bits per heavy atom. The zero-order chi connectivity index (χ0) is 19.1. The molecule has 1 fully saturated rings. The van der Waals surface area contributed by atoms with Gasteiger partial charge in [-0.2, -0.15) is 0 Å². The smallest absolute Gasteiger partial charge is 0.258 e. The Morgan fingerprint density at radius 3 is 2.41 bits per heavy atom. The van der Waals surface area contributed by atoms with Gasteiger partial charge in [-0.25, -0.2) is 0 Å². The van der Waals surface area contributed by atoms with E-state index < -0.39 is 0 Å². The number of carbonyl (C=O) groups is 1. The fraction of sp³-hybridized carbons (Fsp3) is 0.409. The van der Waals surface area contributed by atoms with Crippen LogP contribution in [0.4, 0.5) is 0 Å². The van der Waals surface area contributed by atoms with E-state index in [-0.39, 0.29) is 12.5 Å². The van der Waals surface area contributed by atoms with E-state index in [1.165, 1.54) is 5.56 Å². The van der Waals surface area contributed by atoms with Gasteiger partial charge < -0.3 is 14.8 Å². The van der Waals surface area contributed by atoms with E-state index in [9.17, 15) is 4.79 Å². The number of morpholine rings is 1. The third-order valence-electron chi connectivity index (χ3n) is 4.85. The lowest BCUT2D eigenvalue weighted by Crippen LogP contribution is -2.36. The van der Waals surface area contributed by atoms with Gasteiger partial charge in [-0.1, -0.05) is 42.5 Å². The lowest BCUT2D eigenvalue weighted by atomic mass is 10.1. The number of nitrogens with one attached hydrogen (secondary N) is 1. The monoisotopic (exact) mass is 368 g/mol. The summed E-state index contributed by atoms with van der Waals surface area (Å²) < 4.78 is 11.1. The molecule has 1 N–H and O–H groups in total. The van der Waals surface area contributed by atoms with Gasteiger partial charge in [0.25, 0.3) is 5.91 Å². The van der Waals surface area contributed by atoms with Gasteiger partial charge in [0.15, 0.2) is 6.61 Å². The highest BCUT2D eigenvalue weighted by molar-refractivity contribution is 5.77. The summed E-state index contributed by atoms with van der Waals surface area (Å²) in [6.45, 7) is 8.86. The lowest BCUT2D eigenvalue weighted by molar-refractivity contribution is -0.123. The summed E-state index contributed by atoms with van der Waals surface area (Å²) in [6, 6.07) is 14.2. The van der Waals surface area contributed by atoms with Crippen LogP contribution in [0, 0.1) is 13.8 Å². The normalized spacial score (nSPS) is 14.7. The van der Waals surface area contributed by atoms with E-state index in [2.05, 4.69) is 22.3 Å². The second-order valence-electron chi connectivity index (χ2n) is 6.94. The summed E-state index contributed by atoms with van der Waals surface area (Å²) in [4.78, 5) is 14.6. The van der Waals surface area contributed by atoms with Crippen molar-refractivity contribution in [2.24, 2.45) is 0 Å². The molecule has 1 amide bonds. The third-order valence-corrected chi connectivity index (χ3v) is 4.85. The van der Waals surface area contributed by atoms with Crippen molar-refractivity contribution in [3.63, 3.8) is 0 Å². The number of hydrogen-bond donors (Lipinski definition) is 1. The predicted octanol–water partition coefficient (Wildman–Crippen LogP) is 2.83. The van der Waals surface area contributed by atoms with E-state index in [1.807, 2.05) is 44.2 Å². The van der Waals surface area contributed by atoms with Crippen LogP contribution in [0.15, 0.2) is 42.5 Å². The molecule has 1 saturated heterocycles. The Balaban J connectivity index is 1.52. The lowest BCUT2D eigenvalue weighted by Gasteiger charge is -2.27. The first-order valence-corrected chi connectivity index (χ1v) is 9.46. The fourth-order valence-electron chi connectivity index (χ4n) is 3.29. The molecular weight excluding hydrogens is 340 g/mol. The minimum Gasteiger partial charge on any atom is -0.483 e. The van der Waals surface area contributed by atoms with Crippen molar-refractivity contribution >= 4 is 5.91 Å². The van der Waals surface area contributed by atoms with Crippen molar-refractivity contribution in [1.29, 1.82) is 0 Å². The molecule has 5 heteroatoms. The van der Waals surface area contributed by atoms with E-state index in [0.29, 0.717) is 6.54 Å². The summed E-state index contributed by atoms with van der Waals surface area (Å²) >= 11 is 0. The molecule has 0 radical (unpaired) electrons. The Hall–Kier alpha value is -2.37. The average Bonchev–Trinajstić information content (AvgIpc) is 2.68. The molecule has 3 rings (SSSR count). The zero-order valence-corrected chi connectivity index (χ0v) is 16.2. The van der Waals surface area contributed by atoms with Gasteiger partial charge in [-0.15, -0.1) is 0 Å². The standard InChI is InChI=1S/C22H28N2O3/c1-17-6-5-7-18(2)22(17)27-16-21(25)23-14-19-8-3-4-9-20(19)15-24-10-12-26-13-11-24/h3-9H,10-16H2,1-2H3,(H,23,25). The number of ether oxygens (including phenoxy) is 2. The Labute approximate surface area is 161 Å². The Kier molecular flexibility index (Phi) is 6.85. The van der Waals surface area contributed by atoms with Crippen LogP contribution in [-0.2, 0) is 22.6 Å². The van der Waals surface area contributed by atoms with Crippen molar-refractivity contribution in [3.05, 3.63) is 64.7 Å². The summed E-state index contributed by atoms with van der Waals surface area (Å²) in [6.07, 6.45) is 0. The molecule has 0 bridgehead atoms. The first kappa shape index (κ1) is 19.4. The van der Waals surface area contributed by atoms with Crippen LogP contribution in [0.25, 0.3) is 0 Å². The number of benzene rings is 2. The summed E-state index contributed by atoms with van der Waals surface area (Å²) in [7, 11) is 0. The van der Waals surface area contributed by atoms with Crippen LogP contribution in [0.1, 0.15) is 22.3 Å². The number of hydrogen-bond acceptors (Lipinski definition) is 4. The SMILES string of the molecule is Cc1cccc(C)c1OCC(=O)NCc1ccccc1CN1CCOCC1. The number of rotatable bonds is 7. The number of nitrogens with zero attached hydrogens (tertiary/aromatic N) is 1. The molecule has 0 unspecified atom stereocenters. The van der Waals surface area contributed by atoms with Gasteiger partial charge in [0, 0.05) is 26.2 Å². The second-order valence-corrected chi connectivity index (χ2v) is 6.94. The molecule has 2 aromatic rings. The van der Waals surface area contributed by atoms with Gasteiger partial charge in [-0.05, 0) is 36.1 Å². The van der Waals surface area contributed by atoms with E-state index in [0.717, 1.165) is 55.3 Å². The van der Waals surface area contributed by atoms with Crippen LogP contribution >= 0.6 is 0 Å². The molecule has 27 heavy (non-hydrogen) atoms. The Bertz CT molecular complexity index is 750. The van der Waals surface area contributed by atoms with Crippen molar-refractivity contribution in [2.45, 2.75) is 26.9 Å². The third kappa shape index (κ3) is 5.55. The second kappa shape index (κ2) is 9.53. The average molecular weight is 368 g/mol. The maximum absolute atomic E-state index is 12.3. The molecule has 0 saturated carbocycles. The van der Waals surface area contributed by atoms with E-state index >= 15 is 0 Å². The largest absolute Gasteiger partial charge is 0.483 e. The molecule has 1 heterocycles. The molecule has 0 aromatic heterocycles. The van der Waals surface area contributed by atoms with Crippen molar-refractivity contribution in [3.8, 4) is 5.75 Å². The first-order valence-electron chi connectivity index (χ1n) is 9.46. The quantitative estimate of drug-likeness (QED) is 0.817. The number of carbonyl (C=O) groups excluding carboxylic acids is 1. The van der Waals surface area contributed by atoms with Gasteiger partial charge >= 0.3 is 0 Å². The van der Waals surface area contributed by atoms with Gasteiger partial charge in [-0.3, -0.25) is 9.69 Å². The van der Waals surface area contributed by atoms with Crippen molar-refractivity contribution in [2.75, 3.05) is 32.9 Å². The van der Waals surface area contributed by atoms with E-state index in [4.69, 9.17) is 9.47 Å². The highest BCUT2D eigenvalue weighted by Gasteiger charge is 2.13. The van der Waals surface area contributed by atoms with Gasteiger partial charge in [0.05, 0.1) is 13.2 Å². The van der Waals surface area contributed by atoms with Crippen LogP contribution in [0.5, 0.6) is 5.75 Å².